The second-order valence-electron chi connectivity index (χ2n) is 7.60. The maximum absolute atomic E-state index is 13.2. The van der Waals surface area contributed by atoms with Crippen molar-refractivity contribution < 1.29 is 13.2 Å². The SMILES string of the molecule is CC1CCN(C(=O)c2cc(S(=O)(=O)N3CCc4ccccc43)cn2C)CC1. The zero-order valence-corrected chi connectivity index (χ0v) is 16.6. The molecule has 4 rings (SSSR count). The Balaban J connectivity index is 1.62. The molecular weight excluding hydrogens is 362 g/mol. The van der Waals surface area contributed by atoms with E-state index in [0.717, 1.165) is 37.2 Å². The van der Waals surface area contributed by atoms with Crippen molar-refractivity contribution in [3.05, 3.63) is 47.8 Å². The largest absolute Gasteiger partial charge is 0.345 e. The molecule has 1 amide bonds. The highest BCUT2D eigenvalue weighted by Gasteiger charge is 2.33. The molecule has 144 valence electrons. The van der Waals surface area contributed by atoms with Crippen molar-refractivity contribution in [1.82, 2.24) is 9.47 Å². The molecule has 0 N–H and O–H groups in total. The Kier molecular flexibility index (Phi) is 4.50. The number of aromatic nitrogens is 1. The van der Waals surface area contributed by atoms with E-state index in [9.17, 15) is 13.2 Å². The number of likely N-dealkylation sites (tertiary alicyclic amines) is 1. The first kappa shape index (κ1) is 18.1. The Labute approximate surface area is 160 Å². The van der Waals surface area contributed by atoms with Gasteiger partial charge < -0.3 is 9.47 Å². The highest BCUT2D eigenvalue weighted by molar-refractivity contribution is 7.92. The predicted molar refractivity (Wildman–Crippen MR) is 104 cm³/mol. The molecule has 0 atom stereocenters. The molecule has 2 aliphatic heterocycles. The molecule has 3 heterocycles. The van der Waals surface area contributed by atoms with Gasteiger partial charge in [-0.15, -0.1) is 0 Å². The van der Waals surface area contributed by atoms with E-state index >= 15 is 0 Å². The molecule has 27 heavy (non-hydrogen) atoms. The molecule has 0 spiro atoms. The number of para-hydroxylation sites is 1. The van der Waals surface area contributed by atoms with E-state index in [0.29, 0.717) is 24.6 Å². The Morgan fingerprint density at radius 3 is 2.56 bits per heavy atom. The number of piperidine rings is 1. The van der Waals surface area contributed by atoms with Crippen molar-refractivity contribution >= 4 is 21.6 Å². The van der Waals surface area contributed by atoms with Gasteiger partial charge in [0, 0.05) is 32.9 Å². The van der Waals surface area contributed by atoms with E-state index in [1.165, 1.54) is 10.4 Å². The van der Waals surface area contributed by atoms with Crippen molar-refractivity contribution in [2.45, 2.75) is 31.1 Å². The highest BCUT2D eigenvalue weighted by atomic mass is 32.2. The predicted octanol–water partition coefficient (Wildman–Crippen LogP) is 2.65. The second-order valence-corrected chi connectivity index (χ2v) is 9.46. The molecule has 7 heteroatoms. The van der Waals surface area contributed by atoms with Crippen LogP contribution in [0, 0.1) is 5.92 Å². The summed E-state index contributed by atoms with van der Waals surface area (Å²) in [4.78, 5) is 14.9. The minimum atomic E-state index is -3.69. The molecule has 0 saturated carbocycles. The summed E-state index contributed by atoms with van der Waals surface area (Å²) < 4.78 is 29.5. The van der Waals surface area contributed by atoms with Crippen LogP contribution in [0.4, 0.5) is 5.69 Å². The van der Waals surface area contributed by atoms with E-state index in [-0.39, 0.29) is 10.8 Å². The van der Waals surface area contributed by atoms with Crippen LogP contribution in [0.2, 0.25) is 0 Å². The first-order valence-electron chi connectivity index (χ1n) is 9.44. The number of aryl methyl sites for hydroxylation is 1. The minimum absolute atomic E-state index is 0.0901. The molecule has 2 aromatic rings. The quantitative estimate of drug-likeness (QED) is 0.813. The fraction of sp³-hybridized carbons (Fsp3) is 0.450. The molecule has 6 nitrogen and oxygen atoms in total. The molecule has 1 fully saturated rings. The first-order valence-corrected chi connectivity index (χ1v) is 10.9. The maximum Gasteiger partial charge on any atom is 0.270 e. The van der Waals surface area contributed by atoms with Crippen LogP contribution in [-0.4, -0.2) is 43.4 Å². The number of carbonyl (C=O) groups excluding carboxylic acids is 1. The highest BCUT2D eigenvalue weighted by Crippen LogP contribution is 2.33. The lowest BCUT2D eigenvalue weighted by Gasteiger charge is -2.30. The number of carbonyl (C=O) groups is 1. The van der Waals surface area contributed by atoms with Crippen LogP contribution in [0.5, 0.6) is 0 Å². The number of amides is 1. The van der Waals surface area contributed by atoms with Gasteiger partial charge >= 0.3 is 0 Å². The van der Waals surface area contributed by atoms with Crippen LogP contribution >= 0.6 is 0 Å². The number of benzene rings is 1. The summed E-state index contributed by atoms with van der Waals surface area (Å²) in [5.41, 5.74) is 2.20. The number of hydrogen-bond donors (Lipinski definition) is 0. The summed E-state index contributed by atoms with van der Waals surface area (Å²) in [7, 11) is -1.95. The van der Waals surface area contributed by atoms with Crippen molar-refractivity contribution in [3.8, 4) is 0 Å². The van der Waals surface area contributed by atoms with E-state index in [1.807, 2.05) is 29.2 Å². The number of sulfonamides is 1. The monoisotopic (exact) mass is 387 g/mol. The van der Waals surface area contributed by atoms with Crippen LogP contribution in [-0.2, 0) is 23.5 Å². The van der Waals surface area contributed by atoms with E-state index in [1.54, 1.807) is 17.8 Å². The smallest absolute Gasteiger partial charge is 0.270 e. The molecular formula is C20H25N3O3S. The van der Waals surface area contributed by atoms with Crippen molar-refractivity contribution in [3.63, 3.8) is 0 Å². The Hall–Kier alpha value is -2.28. The molecule has 2 aliphatic rings. The van der Waals surface area contributed by atoms with Gasteiger partial charge in [0.2, 0.25) is 0 Å². The summed E-state index contributed by atoms with van der Waals surface area (Å²) in [6, 6.07) is 9.10. The lowest BCUT2D eigenvalue weighted by Crippen LogP contribution is -2.38. The van der Waals surface area contributed by atoms with Gasteiger partial charge in [-0.3, -0.25) is 9.10 Å². The summed E-state index contributed by atoms with van der Waals surface area (Å²) in [5.74, 6) is 0.543. The van der Waals surface area contributed by atoms with Crippen molar-refractivity contribution in [2.75, 3.05) is 23.9 Å². The summed E-state index contributed by atoms with van der Waals surface area (Å²) >= 11 is 0. The summed E-state index contributed by atoms with van der Waals surface area (Å²) in [6.45, 7) is 4.09. The van der Waals surface area contributed by atoms with E-state index in [2.05, 4.69) is 6.92 Å². The fourth-order valence-electron chi connectivity index (χ4n) is 3.95. The first-order chi connectivity index (χ1) is 12.9. The number of nitrogens with zero attached hydrogens (tertiary/aromatic N) is 3. The topological polar surface area (TPSA) is 62.6 Å². The van der Waals surface area contributed by atoms with Gasteiger partial charge in [-0.05, 0) is 42.9 Å². The molecule has 0 aliphatic carbocycles. The van der Waals surface area contributed by atoms with Gasteiger partial charge in [0.25, 0.3) is 15.9 Å². The molecule has 0 unspecified atom stereocenters. The number of anilines is 1. The standard InChI is InChI=1S/C20H25N3O3S/c1-15-7-10-22(11-8-15)20(24)19-13-17(14-21(19)2)27(25,26)23-12-9-16-5-3-4-6-18(16)23/h3-6,13-15H,7-12H2,1-2H3. The van der Waals surface area contributed by atoms with Gasteiger partial charge in [-0.2, -0.15) is 0 Å². The molecule has 1 aromatic heterocycles. The maximum atomic E-state index is 13.2. The van der Waals surface area contributed by atoms with Gasteiger partial charge in [0.05, 0.1) is 5.69 Å². The van der Waals surface area contributed by atoms with Crippen LogP contribution in [0.15, 0.2) is 41.4 Å². The summed E-state index contributed by atoms with van der Waals surface area (Å²) in [6.07, 6.45) is 4.24. The Morgan fingerprint density at radius 1 is 1.11 bits per heavy atom. The van der Waals surface area contributed by atoms with E-state index in [4.69, 9.17) is 0 Å². The molecule has 0 radical (unpaired) electrons. The van der Waals surface area contributed by atoms with Crippen LogP contribution < -0.4 is 4.31 Å². The zero-order valence-electron chi connectivity index (χ0n) is 15.8. The third-order valence-electron chi connectivity index (χ3n) is 5.70. The molecule has 1 saturated heterocycles. The lowest BCUT2D eigenvalue weighted by atomic mass is 9.99. The van der Waals surface area contributed by atoms with Crippen molar-refractivity contribution in [1.29, 1.82) is 0 Å². The van der Waals surface area contributed by atoms with Gasteiger partial charge in [-0.25, -0.2) is 8.42 Å². The van der Waals surface area contributed by atoms with Gasteiger partial charge in [0.1, 0.15) is 10.6 Å². The Bertz CT molecular complexity index is 972. The minimum Gasteiger partial charge on any atom is -0.345 e. The number of rotatable bonds is 3. The number of hydrogen-bond acceptors (Lipinski definition) is 3. The average Bonchev–Trinajstić information content (AvgIpc) is 3.26. The van der Waals surface area contributed by atoms with Crippen molar-refractivity contribution in [2.24, 2.45) is 13.0 Å². The zero-order chi connectivity index (χ0) is 19.2. The summed E-state index contributed by atoms with van der Waals surface area (Å²) in [5, 5.41) is 0. The lowest BCUT2D eigenvalue weighted by molar-refractivity contribution is 0.0687. The van der Waals surface area contributed by atoms with E-state index < -0.39 is 10.0 Å². The Morgan fingerprint density at radius 2 is 1.81 bits per heavy atom. The third kappa shape index (κ3) is 3.14. The average molecular weight is 388 g/mol. The van der Waals surface area contributed by atoms with Gasteiger partial charge in [-0.1, -0.05) is 25.1 Å². The van der Waals surface area contributed by atoms with Crippen LogP contribution in [0.1, 0.15) is 35.8 Å². The third-order valence-corrected chi connectivity index (χ3v) is 7.48. The fourth-order valence-corrected chi connectivity index (χ4v) is 5.52. The molecule has 0 bridgehead atoms. The molecule has 1 aromatic carbocycles. The van der Waals surface area contributed by atoms with Crippen LogP contribution in [0.25, 0.3) is 0 Å². The number of fused-ring (bicyclic) bond motifs is 1. The van der Waals surface area contributed by atoms with Crippen LogP contribution in [0.3, 0.4) is 0 Å². The second kappa shape index (κ2) is 6.71. The normalized spacial score (nSPS) is 18.0. The van der Waals surface area contributed by atoms with Gasteiger partial charge in [0.15, 0.2) is 0 Å².